The number of ether oxygens (including phenoxy) is 3. The highest BCUT2D eigenvalue weighted by Crippen LogP contribution is 2.30. The van der Waals surface area contributed by atoms with E-state index >= 15 is 0 Å². The standard InChI is InChI=1S/C15H21NO3S/c1-15(2)5-4-11(19-15)9-18-13-7-10(14(16)20)6-12(8-13)17-3/h6-8,11H,4-5,9H2,1-3H3,(H2,16,20). The Hall–Kier alpha value is -1.33. The summed E-state index contributed by atoms with van der Waals surface area (Å²) in [5.74, 6) is 1.37. The lowest BCUT2D eigenvalue weighted by molar-refractivity contribution is -0.0326. The van der Waals surface area contributed by atoms with Crippen LogP contribution in [0.25, 0.3) is 0 Å². The fourth-order valence-electron chi connectivity index (χ4n) is 2.30. The minimum absolute atomic E-state index is 0.0492. The maximum Gasteiger partial charge on any atom is 0.123 e. The van der Waals surface area contributed by atoms with E-state index in [1.54, 1.807) is 13.2 Å². The van der Waals surface area contributed by atoms with Gasteiger partial charge in [-0.3, -0.25) is 0 Å². The molecule has 2 N–H and O–H groups in total. The van der Waals surface area contributed by atoms with Gasteiger partial charge in [0.25, 0.3) is 0 Å². The van der Waals surface area contributed by atoms with E-state index in [-0.39, 0.29) is 11.7 Å². The molecule has 110 valence electrons. The molecule has 20 heavy (non-hydrogen) atoms. The molecule has 1 fully saturated rings. The number of nitrogens with two attached hydrogens (primary N) is 1. The van der Waals surface area contributed by atoms with Gasteiger partial charge in [-0.25, -0.2) is 0 Å². The molecule has 2 rings (SSSR count). The van der Waals surface area contributed by atoms with Crippen LogP contribution in [0.1, 0.15) is 32.3 Å². The van der Waals surface area contributed by atoms with Gasteiger partial charge in [0.1, 0.15) is 23.1 Å². The summed E-state index contributed by atoms with van der Waals surface area (Å²) in [6.07, 6.45) is 2.20. The number of methoxy groups -OCH3 is 1. The van der Waals surface area contributed by atoms with E-state index in [9.17, 15) is 0 Å². The van der Waals surface area contributed by atoms with Gasteiger partial charge in [-0.2, -0.15) is 0 Å². The summed E-state index contributed by atoms with van der Waals surface area (Å²) in [4.78, 5) is 0.326. The van der Waals surface area contributed by atoms with Crippen molar-refractivity contribution < 1.29 is 14.2 Å². The quantitative estimate of drug-likeness (QED) is 0.846. The first-order chi connectivity index (χ1) is 9.39. The van der Waals surface area contributed by atoms with Crippen LogP contribution in [0, 0.1) is 0 Å². The lowest BCUT2D eigenvalue weighted by atomic mass is 10.1. The molecule has 1 aliphatic heterocycles. The number of hydrogen-bond acceptors (Lipinski definition) is 4. The molecule has 0 bridgehead atoms. The van der Waals surface area contributed by atoms with Crippen LogP contribution < -0.4 is 15.2 Å². The predicted molar refractivity (Wildman–Crippen MR) is 82.6 cm³/mol. The molecular formula is C15H21NO3S. The Morgan fingerprint density at radius 2 is 2.10 bits per heavy atom. The molecule has 0 aromatic heterocycles. The van der Waals surface area contributed by atoms with Crippen molar-refractivity contribution in [2.75, 3.05) is 13.7 Å². The molecule has 1 atom stereocenters. The summed E-state index contributed by atoms with van der Waals surface area (Å²) in [6.45, 7) is 4.72. The summed E-state index contributed by atoms with van der Waals surface area (Å²) in [5, 5.41) is 0. The molecule has 1 heterocycles. The number of hydrogen-bond donors (Lipinski definition) is 1. The van der Waals surface area contributed by atoms with Gasteiger partial charge in [0.15, 0.2) is 0 Å². The largest absolute Gasteiger partial charge is 0.497 e. The highest BCUT2D eigenvalue weighted by atomic mass is 32.1. The van der Waals surface area contributed by atoms with Crippen molar-refractivity contribution in [3.05, 3.63) is 23.8 Å². The van der Waals surface area contributed by atoms with Crippen LogP contribution in [-0.4, -0.2) is 30.4 Å². The molecule has 1 aliphatic rings. The zero-order valence-electron chi connectivity index (χ0n) is 12.1. The van der Waals surface area contributed by atoms with Gasteiger partial charge in [-0.1, -0.05) is 12.2 Å². The fourth-order valence-corrected chi connectivity index (χ4v) is 2.42. The van der Waals surface area contributed by atoms with E-state index < -0.39 is 0 Å². The van der Waals surface area contributed by atoms with Crippen molar-refractivity contribution in [1.29, 1.82) is 0 Å². The highest BCUT2D eigenvalue weighted by molar-refractivity contribution is 7.80. The molecule has 1 saturated heterocycles. The van der Waals surface area contributed by atoms with Crippen LogP contribution in [0.5, 0.6) is 11.5 Å². The van der Waals surface area contributed by atoms with E-state index in [1.807, 2.05) is 12.1 Å². The van der Waals surface area contributed by atoms with E-state index in [4.69, 9.17) is 32.2 Å². The second-order valence-corrected chi connectivity index (χ2v) is 6.05. The monoisotopic (exact) mass is 295 g/mol. The van der Waals surface area contributed by atoms with Gasteiger partial charge in [0, 0.05) is 11.6 Å². The molecule has 0 saturated carbocycles. The molecule has 0 radical (unpaired) electrons. The summed E-state index contributed by atoms with van der Waals surface area (Å²) < 4.78 is 16.9. The number of thiocarbonyl (C=S) groups is 1. The predicted octanol–water partition coefficient (Wildman–Crippen LogP) is 2.67. The second kappa shape index (κ2) is 5.97. The summed E-state index contributed by atoms with van der Waals surface area (Å²) in [6, 6.07) is 5.44. The van der Waals surface area contributed by atoms with E-state index in [1.165, 1.54) is 0 Å². The molecule has 1 aromatic carbocycles. The average Bonchev–Trinajstić information content (AvgIpc) is 2.75. The van der Waals surface area contributed by atoms with Crippen LogP contribution in [0.4, 0.5) is 0 Å². The first-order valence-electron chi connectivity index (χ1n) is 6.69. The van der Waals surface area contributed by atoms with Gasteiger partial charge in [0.2, 0.25) is 0 Å². The first-order valence-corrected chi connectivity index (χ1v) is 7.10. The highest BCUT2D eigenvalue weighted by Gasteiger charge is 2.31. The van der Waals surface area contributed by atoms with Gasteiger partial charge in [-0.15, -0.1) is 0 Å². The minimum atomic E-state index is -0.0492. The maximum absolute atomic E-state index is 5.90. The molecule has 0 aliphatic carbocycles. The Morgan fingerprint density at radius 3 is 2.65 bits per heavy atom. The smallest absolute Gasteiger partial charge is 0.123 e. The number of rotatable bonds is 5. The zero-order chi connectivity index (χ0) is 14.8. The SMILES string of the molecule is COc1cc(OCC2CCC(C)(C)O2)cc(C(N)=S)c1. The van der Waals surface area contributed by atoms with Crippen LogP contribution >= 0.6 is 12.2 Å². The Bertz CT molecular complexity index is 502. The van der Waals surface area contributed by atoms with Crippen molar-refractivity contribution >= 4 is 17.2 Å². The van der Waals surface area contributed by atoms with Crippen molar-refractivity contribution in [2.24, 2.45) is 5.73 Å². The van der Waals surface area contributed by atoms with Gasteiger partial charge < -0.3 is 19.9 Å². The summed E-state index contributed by atoms with van der Waals surface area (Å²) >= 11 is 4.99. The van der Waals surface area contributed by atoms with Crippen molar-refractivity contribution in [3.63, 3.8) is 0 Å². The third-order valence-electron chi connectivity index (χ3n) is 3.39. The third kappa shape index (κ3) is 3.84. The average molecular weight is 295 g/mol. The maximum atomic E-state index is 5.90. The van der Waals surface area contributed by atoms with Gasteiger partial charge in [0.05, 0.1) is 18.8 Å². The second-order valence-electron chi connectivity index (χ2n) is 5.61. The Kier molecular flexibility index (Phi) is 4.50. The van der Waals surface area contributed by atoms with Crippen molar-refractivity contribution in [2.45, 2.75) is 38.4 Å². The Morgan fingerprint density at radius 1 is 1.40 bits per heavy atom. The molecular weight excluding hydrogens is 274 g/mol. The lowest BCUT2D eigenvalue weighted by Gasteiger charge is -2.19. The fraction of sp³-hybridized carbons (Fsp3) is 0.533. The van der Waals surface area contributed by atoms with E-state index in [2.05, 4.69) is 13.8 Å². The molecule has 1 aromatic rings. The summed E-state index contributed by atoms with van der Waals surface area (Å²) in [5.41, 5.74) is 6.34. The third-order valence-corrected chi connectivity index (χ3v) is 3.63. The Balaban J connectivity index is 2.02. The summed E-state index contributed by atoms with van der Waals surface area (Å²) in [7, 11) is 1.60. The van der Waals surface area contributed by atoms with Crippen molar-refractivity contribution in [3.8, 4) is 11.5 Å². The minimum Gasteiger partial charge on any atom is -0.497 e. The molecule has 0 spiro atoms. The Labute approximate surface area is 125 Å². The molecule has 0 amide bonds. The van der Waals surface area contributed by atoms with E-state index in [0.717, 1.165) is 18.4 Å². The first kappa shape index (κ1) is 15.1. The van der Waals surface area contributed by atoms with Crippen LogP contribution in [-0.2, 0) is 4.74 Å². The van der Waals surface area contributed by atoms with Crippen LogP contribution in [0.2, 0.25) is 0 Å². The van der Waals surface area contributed by atoms with Crippen LogP contribution in [0.15, 0.2) is 18.2 Å². The molecule has 4 nitrogen and oxygen atoms in total. The topological polar surface area (TPSA) is 53.7 Å². The number of benzene rings is 1. The van der Waals surface area contributed by atoms with Gasteiger partial charge >= 0.3 is 0 Å². The van der Waals surface area contributed by atoms with E-state index in [0.29, 0.717) is 23.1 Å². The zero-order valence-corrected chi connectivity index (χ0v) is 13.0. The molecule has 5 heteroatoms. The van der Waals surface area contributed by atoms with Crippen molar-refractivity contribution in [1.82, 2.24) is 0 Å². The normalized spacial score (nSPS) is 20.6. The van der Waals surface area contributed by atoms with Crippen LogP contribution in [0.3, 0.4) is 0 Å². The lowest BCUT2D eigenvalue weighted by Crippen LogP contribution is -2.24. The van der Waals surface area contributed by atoms with Gasteiger partial charge in [-0.05, 0) is 38.8 Å². The molecule has 1 unspecified atom stereocenters.